The van der Waals surface area contributed by atoms with Crippen molar-refractivity contribution in [3.05, 3.63) is 106 Å². The zero-order chi connectivity index (χ0) is 24.6. The van der Waals surface area contributed by atoms with Crippen LogP contribution in [0, 0.1) is 19.3 Å². The minimum Gasteiger partial charge on any atom is -0.478 e. The van der Waals surface area contributed by atoms with Gasteiger partial charge in [0.2, 0.25) is 0 Å². The highest BCUT2D eigenvalue weighted by Gasteiger charge is 2.31. The van der Waals surface area contributed by atoms with E-state index in [-0.39, 0.29) is 5.41 Å². The average Bonchev–Trinajstić information content (AvgIpc) is 2.81. The smallest absolute Gasteiger partial charge is 0.335 e. The fourth-order valence-corrected chi connectivity index (χ4v) is 4.94. The van der Waals surface area contributed by atoms with Crippen LogP contribution < -0.4 is 0 Å². The Morgan fingerprint density at radius 1 is 0.853 bits per heavy atom. The summed E-state index contributed by atoms with van der Waals surface area (Å²) in [6.07, 6.45) is 4.03. The number of rotatable bonds is 5. The minimum atomic E-state index is -0.907. The Hall–Kier alpha value is -3.72. The van der Waals surface area contributed by atoms with Gasteiger partial charge in [-0.2, -0.15) is 0 Å². The van der Waals surface area contributed by atoms with Crippen LogP contribution in [0.3, 0.4) is 0 Å². The van der Waals surface area contributed by atoms with Crippen LogP contribution in [-0.2, 0) is 0 Å². The summed E-state index contributed by atoms with van der Waals surface area (Å²) in [7, 11) is 0. The summed E-state index contributed by atoms with van der Waals surface area (Å²) in [5, 5.41) is 9.22. The molecule has 0 saturated carbocycles. The molecule has 3 aromatic carbocycles. The van der Waals surface area contributed by atoms with Gasteiger partial charge in [0.25, 0.3) is 0 Å². The van der Waals surface area contributed by atoms with Gasteiger partial charge < -0.3 is 5.11 Å². The molecule has 0 spiro atoms. The van der Waals surface area contributed by atoms with E-state index >= 15 is 0 Å². The van der Waals surface area contributed by atoms with E-state index in [0.717, 1.165) is 23.8 Å². The normalized spacial score (nSPS) is 15.1. The van der Waals surface area contributed by atoms with Crippen LogP contribution in [0.25, 0.3) is 22.3 Å². The van der Waals surface area contributed by atoms with Crippen molar-refractivity contribution in [2.24, 2.45) is 5.41 Å². The molecule has 3 nitrogen and oxygen atoms in total. The van der Waals surface area contributed by atoms with Crippen molar-refractivity contribution in [2.75, 3.05) is 0 Å². The number of hydrogen-bond donors (Lipinski definition) is 1. The second-order valence-corrected chi connectivity index (χ2v) is 9.88. The van der Waals surface area contributed by atoms with E-state index in [1.807, 2.05) is 36.4 Å². The van der Waals surface area contributed by atoms with E-state index < -0.39 is 5.97 Å². The Morgan fingerprint density at radius 3 is 2.00 bits per heavy atom. The van der Waals surface area contributed by atoms with Crippen molar-refractivity contribution >= 4 is 23.4 Å². The molecule has 0 fully saturated rings. The molecule has 0 unspecified atom stereocenters. The molecule has 4 rings (SSSR count). The van der Waals surface area contributed by atoms with E-state index in [0.29, 0.717) is 11.1 Å². The highest BCUT2D eigenvalue weighted by atomic mass is 16.4. The van der Waals surface area contributed by atoms with Crippen molar-refractivity contribution in [3.63, 3.8) is 0 Å². The third-order valence-corrected chi connectivity index (χ3v) is 6.88. The summed E-state index contributed by atoms with van der Waals surface area (Å²) in [6, 6.07) is 19.4. The SMILES string of the molecule is CC1=C(c2cc(C)c(-c3ccc(C=O)cc3)cc2C)CC(C)(C)C(c2ccc(C(=O)O)cc2)=C1. The zero-order valence-electron chi connectivity index (χ0n) is 20.4. The maximum Gasteiger partial charge on any atom is 0.335 e. The molecular weight excluding hydrogens is 420 g/mol. The molecule has 0 aliphatic heterocycles. The lowest BCUT2D eigenvalue weighted by atomic mass is 9.69. The number of carbonyl (C=O) groups is 2. The summed E-state index contributed by atoms with van der Waals surface area (Å²) < 4.78 is 0. The molecule has 1 aliphatic carbocycles. The van der Waals surface area contributed by atoms with Crippen LogP contribution in [0.1, 0.15) is 70.2 Å². The molecule has 0 amide bonds. The highest BCUT2D eigenvalue weighted by molar-refractivity contribution is 5.89. The summed E-state index contributed by atoms with van der Waals surface area (Å²) in [5.74, 6) is -0.907. The zero-order valence-corrected chi connectivity index (χ0v) is 20.4. The summed E-state index contributed by atoms with van der Waals surface area (Å²) in [4.78, 5) is 22.2. The first-order chi connectivity index (χ1) is 16.1. The van der Waals surface area contributed by atoms with Gasteiger partial charge in [-0.05, 0) is 94.8 Å². The van der Waals surface area contributed by atoms with Crippen LogP contribution >= 0.6 is 0 Å². The monoisotopic (exact) mass is 450 g/mol. The molecule has 34 heavy (non-hydrogen) atoms. The summed E-state index contributed by atoms with van der Waals surface area (Å²) >= 11 is 0. The summed E-state index contributed by atoms with van der Waals surface area (Å²) in [5.41, 5.74) is 11.8. The van der Waals surface area contributed by atoms with E-state index in [9.17, 15) is 14.7 Å². The Morgan fingerprint density at radius 2 is 1.41 bits per heavy atom. The Bertz CT molecular complexity index is 1330. The van der Waals surface area contributed by atoms with E-state index in [2.05, 4.69) is 52.8 Å². The first-order valence-corrected chi connectivity index (χ1v) is 11.5. The first kappa shape index (κ1) is 23.4. The standard InChI is InChI=1S/C31H30O3/c1-19-15-27(20(2)14-26(19)23-8-6-22(18-32)7-9-23)28-17-31(4,5)29(16-21(28)3)24-10-12-25(13-11-24)30(33)34/h6-16,18H,17H2,1-5H3,(H,33,34). The molecule has 0 radical (unpaired) electrons. The third-order valence-electron chi connectivity index (χ3n) is 6.88. The number of carboxylic acids is 1. The fraction of sp³-hybridized carbons (Fsp3) is 0.226. The van der Waals surface area contributed by atoms with Crippen LogP contribution in [-0.4, -0.2) is 17.4 Å². The van der Waals surface area contributed by atoms with Crippen LogP contribution in [0.5, 0.6) is 0 Å². The minimum absolute atomic E-state index is 0.0940. The van der Waals surface area contributed by atoms with Gasteiger partial charge in [0.1, 0.15) is 6.29 Å². The van der Waals surface area contributed by atoms with Crippen LogP contribution in [0.15, 0.2) is 72.3 Å². The second kappa shape index (κ2) is 8.90. The largest absolute Gasteiger partial charge is 0.478 e. The van der Waals surface area contributed by atoms with E-state index in [4.69, 9.17) is 0 Å². The van der Waals surface area contributed by atoms with Gasteiger partial charge in [0.05, 0.1) is 5.56 Å². The van der Waals surface area contributed by atoms with E-state index in [1.165, 1.54) is 39.0 Å². The lowest BCUT2D eigenvalue weighted by molar-refractivity contribution is 0.0696. The van der Waals surface area contributed by atoms with Gasteiger partial charge in [-0.15, -0.1) is 0 Å². The molecule has 1 N–H and O–H groups in total. The maximum atomic E-state index is 11.2. The predicted molar refractivity (Wildman–Crippen MR) is 139 cm³/mol. The number of benzene rings is 3. The Labute approximate surface area is 201 Å². The van der Waals surface area contributed by atoms with Gasteiger partial charge in [-0.3, -0.25) is 4.79 Å². The molecule has 1 aliphatic rings. The van der Waals surface area contributed by atoms with Crippen LogP contribution in [0.4, 0.5) is 0 Å². The van der Waals surface area contributed by atoms with Gasteiger partial charge in [-0.1, -0.05) is 68.5 Å². The lowest BCUT2D eigenvalue weighted by Gasteiger charge is -2.35. The predicted octanol–water partition coefficient (Wildman–Crippen LogP) is 7.77. The number of allylic oxidation sites excluding steroid dienone is 4. The van der Waals surface area contributed by atoms with Gasteiger partial charge >= 0.3 is 5.97 Å². The fourth-order valence-electron chi connectivity index (χ4n) is 4.94. The molecule has 0 heterocycles. The number of carboxylic acid groups (broad SMARTS) is 1. The molecule has 3 aromatic rings. The quantitative estimate of drug-likeness (QED) is 0.404. The summed E-state index contributed by atoms with van der Waals surface area (Å²) in [6.45, 7) is 11.0. The van der Waals surface area contributed by atoms with Crippen molar-refractivity contribution in [3.8, 4) is 11.1 Å². The first-order valence-electron chi connectivity index (χ1n) is 11.5. The van der Waals surface area contributed by atoms with Crippen molar-refractivity contribution in [2.45, 2.75) is 41.0 Å². The molecule has 172 valence electrons. The number of aromatic carboxylic acids is 1. The van der Waals surface area contributed by atoms with Crippen molar-refractivity contribution in [1.82, 2.24) is 0 Å². The third kappa shape index (κ3) is 4.38. The van der Waals surface area contributed by atoms with Crippen molar-refractivity contribution in [1.29, 1.82) is 0 Å². The number of carbonyl (C=O) groups excluding carboxylic acids is 1. The van der Waals surface area contributed by atoms with Crippen LogP contribution in [0.2, 0.25) is 0 Å². The maximum absolute atomic E-state index is 11.2. The Balaban J connectivity index is 1.75. The topological polar surface area (TPSA) is 54.4 Å². The van der Waals surface area contributed by atoms with Crippen molar-refractivity contribution < 1.29 is 14.7 Å². The number of aldehydes is 1. The molecule has 3 heteroatoms. The van der Waals surface area contributed by atoms with Gasteiger partial charge in [-0.25, -0.2) is 4.79 Å². The molecule has 0 saturated heterocycles. The van der Waals surface area contributed by atoms with Gasteiger partial charge in [0.15, 0.2) is 0 Å². The molecule has 0 atom stereocenters. The molecule has 0 aromatic heterocycles. The molecule has 0 bridgehead atoms. The molecular formula is C31H30O3. The highest BCUT2D eigenvalue weighted by Crippen LogP contribution is 2.48. The lowest BCUT2D eigenvalue weighted by Crippen LogP contribution is -2.19. The second-order valence-electron chi connectivity index (χ2n) is 9.88. The number of aryl methyl sites for hydroxylation is 2. The Kier molecular flexibility index (Phi) is 6.14. The van der Waals surface area contributed by atoms with E-state index in [1.54, 1.807) is 12.1 Å². The number of hydrogen-bond acceptors (Lipinski definition) is 2. The average molecular weight is 451 g/mol. The van der Waals surface area contributed by atoms with Gasteiger partial charge in [0, 0.05) is 5.56 Å².